The molecule has 0 bridgehead atoms. The van der Waals surface area contributed by atoms with E-state index < -0.39 is 0 Å². The van der Waals surface area contributed by atoms with Gasteiger partial charge in [0.2, 0.25) is 0 Å². The van der Waals surface area contributed by atoms with E-state index in [1.165, 1.54) is 16.7 Å². The fourth-order valence-corrected chi connectivity index (χ4v) is 4.38. The van der Waals surface area contributed by atoms with E-state index >= 15 is 0 Å². The van der Waals surface area contributed by atoms with Crippen LogP contribution in [0.2, 0.25) is 0 Å². The Morgan fingerprint density at radius 3 is 2.44 bits per heavy atom. The Morgan fingerprint density at radius 2 is 1.76 bits per heavy atom. The Bertz CT molecular complexity index is 832. The molecule has 1 aliphatic carbocycles. The van der Waals surface area contributed by atoms with Gasteiger partial charge in [0.15, 0.2) is 11.5 Å². The summed E-state index contributed by atoms with van der Waals surface area (Å²) in [5.74, 6) is 1.59. The number of hydrogen-bond acceptors (Lipinski definition) is 3. The molecule has 4 rings (SSSR count). The van der Waals surface area contributed by atoms with Gasteiger partial charge in [-0.05, 0) is 23.3 Å². The van der Waals surface area contributed by atoms with Crippen LogP contribution in [-0.4, -0.2) is 44.4 Å². The molecule has 1 heterocycles. The van der Waals surface area contributed by atoms with Gasteiger partial charge in [-0.15, -0.1) is 0 Å². The van der Waals surface area contributed by atoms with Crippen LogP contribution in [-0.2, 0) is 12.8 Å². The summed E-state index contributed by atoms with van der Waals surface area (Å²) < 4.78 is 12.0. The summed E-state index contributed by atoms with van der Waals surface area (Å²) in [6.45, 7) is 1.09. The Balaban J connectivity index is 0.00000182. The van der Waals surface area contributed by atoms with Crippen molar-refractivity contribution in [1.29, 1.82) is 0 Å². The van der Waals surface area contributed by atoms with Crippen molar-refractivity contribution in [1.82, 2.24) is 0 Å². The molecule has 1 atom stereocenters. The van der Waals surface area contributed by atoms with Crippen LogP contribution in [0.15, 0.2) is 24.3 Å². The van der Waals surface area contributed by atoms with Crippen molar-refractivity contribution in [2.24, 2.45) is 0 Å². The number of phenols is 1. The van der Waals surface area contributed by atoms with Gasteiger partial charge in [0.25, 0.3) is 0 Å². The van der Waals surface area contributed by atoms with Gasteiger partial charge in [0.1, 0.15) is 11.8 Å². The zero-order valence-electron chi connectivity index (χ0n) is 15.1. The second-order valence-corrected chi connectivity index (χ2v) is 7.34. The fourth-order valence-electron chi connectivity index (χ4n) is 4.38. The number of halogens is 1. The number of fused-ring (bicyclic) bond motifs is 2. The summed E-state index contributed by atoms with van der Waals surface area (Å²) in [5, 5.41) is 10.9. The van der Waals surface area contributed by atoms with Crippen LogP contribution < -0.4 is 33.5 Å². The van der Waals surface area contributed by atoms with Gasteiger partial charge >= 0.3 is 0 Å². The van der Waals surface area contributed by atoms with Crippen LogP contribution in [0.5, 0.6) is 17.2 Å². The van der Waals surface area contributed by atoms with E-state index in [0.29, 0.717) is 11.8 Å². The molecule has 0 unspecified atom stereocenters. The SMILES string of the molecule is COc1cc2c3c(c1O)-c1c(cccc1OC)C[C@@H]3[N+](C)(C)CC2.[I-]. The maximum atomic E-state index is 10.9. The predicted molar refractivity (Wildman–Crippen MR) is 93.8 cm³/mol. The van der Waals surface area contributed by atoms with Crippen LogP contribution in [0, 0.1) is 0 Å². The number of methoxy groups -OCH3 is 2. The highest BCUT2D eigenvalue weighted by Gasteiger charge is 2.43. The largest absolute Gasteiger partial charge is 1.00 e. The molecule has 0 spiro atoms. The lowest BCUT2D eigenvalue weighted by atomic mass is 9.75. The highest BCUT2D eigenvalue weighted by Crippen LogP contribution is 2.55. The summed E-state index contributed by atoms with van der Waals surface area (Å²) in [7, 11) is 7.86. The quantitative estimate of drug-likeness (QED) is 0.526. The number of nitrogens with zero attached hydrogens (tertiary/aromatic N) is 1. The molecule has 0 saturated carbocycles. The molecule has 134 valence electrons. The molecule has 0 fully saturated rings. The van der Waals surface area contributed by atoms with Crippen molar-refractivity contribution in [2.75, 3.05) is 34.9 Å². The first-order valence-corrected chi connectivity index (χ1v) is 8.39. The van der Waals surface area contributed by atoms with Gasteiger partial charge < -0.3 is 43.0 Å². The molecular weight excluding hydrogens is 429 g/mol. The minimum Gasteiger partial charge on any atom is -1.00 e. The normalized spacial score (nSPS) is 19.3. The molecule has 1 N–H and O–H groups in total. The van der Waals surface area contributed by atoms with Gasteiger partial charge in [-0.1, -0.05) is 12.1 Å². The number of hydrogen-bond donors (Lipinski definition) is 1. The zero-order chi connectivity index (χ0) is 17.1. The summed E-state index contributed by atoms with van der Waals surface area (Å²) in [4.78, 5) is 0. The van der Waals surface area contributed by atoms with E-state index in [1.807, 2.05) is 18.2 Å². The minimum atomic E-state index is 0. The number of phenolic OH excluding ortho intramolecular Hbond substituents is 1. The average Bonchev–Trinajstić information content (AvgIpc) is 2.58. The monoisotopic (exact) mass is 453 g/mol. The number of rotatable bonds is 2. The number of quaternary nitrogens is 1. The van der Waals surface area contributed by atoms with E-state index in [0.717, 1.165) is 40.7 Å². The minimum absolute atomic E-state index is 0. The van der Waals surface area contributed by atoms with Crippen LogP contribution in [0.1, 0.15) is 22.7 Å². The molecule has 25 heavy (non-hydrogen) atoms. The van der Waals surface area contributed by atoms with Crippen molar-refractivity contribution >= 4 is 0 Å². The maximum absolute atomic E-state index is 10.9. The molecule has 0 radical (unpaired) electrons. The molecule has 1 aliphatic heterocycles. The summed E-state index contributed by atoms with van der Waals surface area (Å²) in [6, 6.07) is 8.51. The first-order chi connectivity index (χ1) is 11.5. The standard InChI is InChI=1S/C20H23NO3.HI/c1-21(2)9-8-13-11-16(24-4)20(22)19-17(13)14(21)10-12-6-5-7-15(23-3)18(12)19;/h5-7,11,14H,8-10H2,1-4H3;1H/t14-;/m0./s1. The summed E-state index contributed by atoms with van der Waals surface area (Å²) >= 11 is 0. The molecule has 5 heteroatoms. The smallest absolute Gasteiger partial charge is 0.166 e. The van der Waals surface area contributed by atoms with Crippen molar-refractivity contribution in [3.63, 3.8) is 0 Å². The van der Waals surface area contributed by atoms with Gasteiger partial charge in [-0.3, -0.25) is 0 Å². The summed E-state index contributed by atoms with van der Waals surface area (Å²) in [6.07, 6.45) is 1.96. The first kappa shape index (κ1) is 18.3. The predicted octanol–water partition coefficient (Wildman–Crippen LogP) is 0.310. The topological polar surface area (TPSA) is 38.7 Å². The van der Waals surface area contributed by atoms with Gasteiger partial charge in [0.05, 0.1) is 34.9 Å². The van der Waals surface area contributed by atoms with E-state index in [-0.39, 0.29) is 29.7 Å². The van der Waals surface area contributed by atoms with Gasteiger partial charge in [-0.25, -0.2) is 0 Å². The molecule has 4 nitrogen and oxygen atoms in total. The van der Waals surface area contributed by atoms with Crippen LogP contribution in [0.4, 0.5) is 0 Å². The average molecular weight is 453 g/mol. The number of likely N-dealkylation sites (N-methyl/N-ethyl adjacent to an activating group) is 1. The lowest BCUT2D eigenvalue weighted by Crippen LogP contribution is -3.00. The molecule has 2 aromatic carbocycles. The van der Waals surface area contributed by atoms with Crippen molar-refractivity contribution in [3.8, 4) is 28.4 Å². The van der Waals surface area contributed by atoms with E-state index in [9.17, 15) is 5.11 Å². The lowest BCUT2D eigenvalue weighted by molar-refractivity contribution is -0.923. The molecule has 0 saturated heterocycles. The van der Waals surface area contributed by atoms with Gasteiger partial charge in [-0.2, -0.15) is 0 Å². The van der Waals surface area contributed by atoms with E-state index in [2.05, 4.69) is 20.2 Å². The van der Waals surface area contributed by atoms with Crippen LogP contribution in [0.3, 0.4) is 0 Å². The Labute approximate surface area is 166 Å². The molecule has 0 amide bonds. The van der Waals surface area contributed by atoms with Crippen molar-refractivity contribution < 1.29 is 43.0 Å². The lowest BCUT2D eigenvalue weighted by Gasteiger charge is -2.46. The first-order valence-electron chi connectivity index (χ1n) is 8.39. The third-order valence-corrected chi connectivity index (χ3v) is 5.74. The Hall–Kier alpha value is -1.47. The fraction of sp³-hybridized carbons (Fsp3) is 0.400. The third kappa shape index (κ3) is 2.59. The zero-order valence-corrected chi connectivity index (χ0v) is 17.3. The van der Waals surface area contributed by atoms with E-state index in [1.54, 1.807) is 14.2 Å². The number of benzene rings is 2. The van der Waals surface area contributed by atoms with Crippen LogP contribution >= 0.6 is 0 Å². The second kappa shape index (κ2) is 6.36. The maximum Gasteiger partial charge on any atom is 0.166 e. The highest BCUT2D eigenvalue weighted by atomic mass is 127. The Morgan fingerprint density at radius 1 is 1.04 bits per heavy atom. The molecular formula is C20H24INO3. The number of aromatic hydroxyl groups is 1. The van der Waals surface area contributed by atoms with Crippen molar-refractivity contribution in [2.45, 2.75) is 18.9 Å². The molecule has 2 aliphatic rings. The number of ether oxygens (including phenoxy) is 2. The van der Waals surface area contributed by atoms with Crippen molar-refractivity contribution in [3.05, 3.63) is 41.0 Å². The Kier molecular flexibility index (Phi) is 4.66. The van der Waals surface area contributed by atoms with E-state index in [4.69, 9.17) is 9.47 Å². The third-order valence-electron chi connectivity index (χ3n) is 5.74. The highest BCUT2D eigenvalue weighted by molar-refractivity contribution is 5.86. The van der Waals surface area contributed by atoms with Gasteiger partial charge in [0, 0.05) is 29.5 Å². The summed E-state index contributed by atoms with van der Waals surface area (Å²) in [5.41, 5.74) is 5.71. The van der Waals surface area contributed by atoms with Crippen LogP contribution in [0.25, 0.3) is 11.1 Å². The second-order valence-electron chi connectivity index (χ2n) is 7.34. The molecule has 2 aromatic rings. The molecule has 0 aromatic heterocycles.